The Hall–Kier alpha value is -2.42. The highest BCUT2D eigenvalue weighted by molar-refractivity contribution is 7.14. The fraction of sp³-hybridized carbons (Fsp3) is 0.400. The molecular weight excluding hydrogens is 376 g/mol. The maximum absolute atomic E-state index is 12.7. The van der Waals surface area contributed by atoms with Crippen molar-refractivity contribution in [1.82, 2.24) is 15.0 Å². The lowest BCUT2D eigenvalue weighted by Crippen LogP contribution is -2.26. The fourth-order valence-electron chi connectivity index (χ4n) is 2.76. The summed E-state index contributed by atoms with van der Waals surface area (Å²) in [6.07, 6.45) is 7.00. The summed E-state index contributed by atoms with van der Waals surface area (Å²) < 4.78 is 7.75. The minimum atomic E-state index is -0.526. The largest absolute Gasteiger partial charge is 0.367 e. The van der Waals surface area contributed by atoms with Crippen molar-refractivity contribution < 1.29 is 14.7 Å². The molecule has 0 saturated heterocycles. The van der Waals surface area contributed by atoms with E-state index >= 15 is 0 Å². The number of rotatable bonds is 9. The molecule has 2 rings (SSSR count). The lowest BCUT2D eigenvalue weighted by atomic mass is 10.1. The summed E-state index contributed by atoms with van der Waals surface area (Å²) in [5, 5.41) is 14.0. The van der Waals surface area contributed by atoms with Gasteiger partial charge in [-0.2, -0.15) is 0 Å². The van der Waals surface area contributed by atoms with Gasteiger partial charge in [0, 0.05) is 24.3 Å². The van der Waals surface area contributed by atoms with Crippen LogP contribution in [0.25, 0.3) is 0 Å². The summed E-state index contributed by atoms with van der Waals surface area (Å²) in [7, 11) is 0. The summed E-state index contributed by atoms with van der Waals surface area (Å²) in [5.74, 6) is -0.229. The van der Waals surface area contributed by atoms with Gasteiger partial charge in [0.05, 0.1) is 11.8 Å². The lowest BCUT2D eigenvalue weighted by molar-refractivity contribution is -0.0623. The predicted octanol–water partition coefficient (Wildman–Crippen LogP) is 4.30. The van der Waals surface area contributed by atoms with Crippen LogP contribution in [0.4, 0.5) is 5.13 Å². The standard InChI is InChI=1S/C20H28N4O3S/c1-6-15(9-10-21-26)12-24-11-7-8-16(24)18(25)23-19-22-17(13-28-19)20(4,5)27-14(2)3/h6-11,13-14,21,26H,12H2,1-5H3,(H,22,23,25)/b10-9-,15-6+. The van der Waals surface area contributed by atoms with E-state index < -0.39 is 5.60 Å². The third-order valence-electron chi connectivity index (χ3n) is 4.03. The van der Waals surface area contributed by atoms with E-state index in [9.17, 15) is 4.79 Å². The van der Waals surface area contributed by atoms with Gasteiger partial charge in [-0.15, -0.1) is 11.3 Å². The van der Waals surface area contributed by atoms with Crippen LogP contribution in [0.2, 0.25) is 0 Å². The Kier molecular flexibility index (Phi) is 7.56. The van der Waals surface area contributed by atoms with Crippen molar-refractivity contribution in [3.05, 3.63) is 59.0 Å². The van der Waals surface area contributed by atoms with E-state index in [2.05, 4.69) is 10.3 Å². The van der Waals surface area contributed by atoms with E-state index in [0.29, 0.717) is 17.4 Å². The molecule has 152 valence electrons. The van der Waals surface area contributed by atoms with Gasteiger partial charge in [-0.25, -0.2) is 4.98 Å². The van der Waals surface area contributed by atoms with Crippen LogP contribution in [0.15, 0.2) is 47.6 Å². The van der Waals surface area contributed by atoms with Gasteiger partial charge >= 0.3 is 0 Å². The number of nitrogens with one attached hydrogen (secondary N) is 2. The third-order valence-corrected chi connectivity index (χ3v) is 4.79. The summed E-state index contributed by atoms with van der Waals surface area (Å²) in [6.45, 7) is 10.3. The predicted molar refractivity (Wildman–Crippen MR) is 112 cm³/mol. The van der Waals surface area contributed by atoms with E-state index in [4.69, 9.17) is 9.94 Å². The lowest BCUT2D eigenvalue weighted by Gasteiger charge is -2.25. The number of thiazole rings is 1. The van der Waals surface area contributed by atoms with E-state index in [0.717, 1.165) is 11.3 Å². The van der Waals surface area contributed by atoms with Crippen LogP contribution in [0.5, 0.6) is 0 Å². The maximum atomic E-state index is 12.7. The molecule has 0 aliphatic heterocycles. The maximum Gasteiger partial charge on any atom is 0.274 e. The molecule has 1 amide bonds. The number of carbonyl (C=O) groups is 1. The number of nitrogens with zero attached hydrogens (tertiary/aromatic N) is 2. The molecule has 0 fully saturated rings. The van der Waals surface area contributed by atoms with Gasteiger partial charge in [-0.1, -0.05) is 6.08 Å². The normalized spacial score (nSPS) is 12.8. The van der Waals surface area contributed by atoms with Crippen molar-refractivity contribution in [1.29, 1.82) is 0 Å². The average Bonchev–Trinajstić information content (AvgIpc) is 3.27. The van der Waals surface area contributed by atoms with Gasteiger partial charge in [0.2, 0.25) is 0 Å². The first-order valence-electron chi connectivity index (χ1n) is 9.08. The van der Waals surface area contributed by atoms with E-state index in [1.807, 2.05) is 68.4 Å². The van der Waals surface area contributed by atoms with Gasteiger partial charge in [-0.3, -0.25) is 20.8 Å². The molecule has 7 nitrogen and oxygen atoms in total. The molecule has 2 aromatic rings. The van der Waals surface area contributed by atoms with Crippen molar-refractivity contribution in [3.8, 4) is 0 Å². The summed E-state index contributed by atoms with van der Waals surface area (Å²) in [5.41, 5.74) is 3.71. The molecule has 2 heterocycles. The zero-order valence-corrected chi connectivity index (χ0v) is 17.7. The summed E-state index contributed by atoms with van der Waals surface area (Å²) >= 11 is 1.37. The molecule has 3 N–H and O–H groups in total. The highest BCUT2D eigenvalue weighted by Crippen LogP contribution is 2.29. The summed E-state index contributed by atoms with van der Waals surface area (Å²) in [4.78, 5) is 17.3. The van der Waals surface area contributed by atoms with E-state index in [1.165, 1.54) is 17.5 Å². The molecule has 0 aliphatic rings. The Morgan fingerprint density at radius 1 is 1.46 bits per heavy atom. The number of amides is 1. The van der Waals surface area contributed by atoms with Crippen molar-refractivity contribution in [3.63, 3.8) is 0 Å². The van der Waals surface area contributed by atoms with Gasteiger partial charge in [0.1, 0.15) is 11.3 Å². The molecule has 0 spiro atoms. The van der Waals surface area contributed by atoms with Crippen molar-refractivity contribution >= 4 is 22.4 Å². The van der Waals surface area contributed by atoms with Crippen LogP contribution in [-0.2, 0) is 16.9 Å². The second-order valence-electron chi connectivity index (χ2n) is 7.02. The smallest absolute Gasteiger partial charge is 0.274 e. The number of anilines is 1. The first-order chi connectivity index (χ1) is 13.3. The molecule has 0 radical (unpaired) electrons. The number of carbonyl (C=O) groups excluding carboxylic acids is 1. The van der Waals surface area contributed by atoms with Crippen LogP contribution in [0.1, 0.15) is 50.8 Å². The topological polar surface area (TPSA) is 88.4 Å². The van der Waals surface area contributed by atoms with E-state index in [-0.39, 0.29) is 12.0 Å². The summed E-state index contributed by atoms with van der Waals surface area (Å²) in [6, 6.07) is 3.58. The second-order valence-corrected chi connectivity index (χ2v) is 7.87. The van der Waals surface area contributed by atoms with Crippen LogP contribution in [0.3, 0.4) is 0 Å². The Morgan fingerprint density at radius 3 is 2.86 bits per heavy atom. The van der Waals surface area contributed by atoms with Gasteiger partial charge in [0.25, 0.3) is 5.91 Å². The molecule has 2 aromatic heterocycles. The number of hydroxylamine groups is 1. The molecule has 0 aliphatic carbocycles. The van der Waals surface area contributed by atoms with E-state index in [1.54, 1.807) is 12.1 Å². The molecule has 0 atom stereocenters. The molecule has 0 aromatic carbocycles. The molecule has 8 heteroatoms. The van der Waals surface area contributed by atoms with Crippen molar-refractivity contribution in [2.45, 2.75) is 52.9 Å². The minimum absolute atomic E-state index is 0.0777. The number of hydrogen-bond acceptors (Lipinski definition) is 6. The first-order valence-corrected chi connectivity index (χ1v) is 9.96. The van der Waals surface area contributed by atoms with Crippen molar-refractivity contribution in [2.24, 2.45) is 0 Å². The van der Waals surface area contributed by atoms with Gasteiger partial charge in [-0.05, 0) is 58.4 Å². The highest BCUT2D eigenvalue weighted by atomic mass is 32.1. The number of ether oxygens (including phenoxy) is 1. The van der Waals surface area contributed by atoms with Crippen LogP contribution < -0.4 is 10.8 Å². The Morgan fingerprint density at radius 2 is 2.21 bits per heavy atom. The molecule has 0 unspecified atom stereocenters. The third kappa shape index (κ3) is 5.79. The first kappa shape index (κ1) is 21.9. The Labute approximate surface area is 169 Å². The highest BCUT2D eigenvalue weighted by Gasteiger charge is 2.26. The number of allylic oxidation sites excluding steroid dienone is 3. The average molecular weight is 405 g/mol. The van der Waals surface area contributed by atoms with Crippen molar-refractivity contribution in [2.75, 3.05) is 5.32 Å². The van der Waals surface area contributed by atoms with Crippen LogP contribution in [0, 0.1) is 0 Å². The minimum Gasteiger partial charge on any atom is -0.367 e. The Bertz CT molecular complexity index is 849. The molecule has 28 heavy (non-hydrogen) atoms. The fourth-order valence-corrected chi connectivity index (χ4v) is 3.62. The zero-order chi connectivity index (χ0) is 20.7. The zero-order valence-electron chi connectivity index (χ0n) is 16.9. The quantitative estimate of drug-likeness (QED) is 0.428. The number of aromatic nitrogens is 2. The second kappa shape index (κ2) is 9.68. The van der Waals surface area contributed by atoms with Crippen LogP contribution in [-0.4, -0.2) is 26.8 Å². The van der Waals surface area contributed by atoms with Crippen LogP contribution >= 0.6 is 11.3 Å². The molecular formula is C20H28N4O3S. The number of hydrogen-bond donors (Lipinski definition) is 3. The SMILES string of the molecule is C/C=C(\C=C/NO)Cn1cccc1C(=O)Nc1nc(C(C)(C)OC(C)C)cs1. The van der Waals surface area contributed by atoms with Gasteiger partial charge in [0.15, 0.2) is 5.13 Å². The van der Waals surface area contributed by atoms with Gasteiger partial charge < -0.3 is 9.30 Å². The Balaban J connectivity index is 2.11. The monoisotopic (exact) mass is 404 g/mol. The molecule has 0 saturated carbocycles. The molecule has 0 bridgehead atoms.